The van der Waals surface area contributed by atoms with Gasteiger partial charge < -0.3 is 5.43 Å². The summed E-state index contributed by atoms with van der Waals surface area (Å²) in [4.78, 5) is 8.25. The number of nitrogen functional groups attached to an aromatic ring is 1. The highest BCUT2D eigenvalue weighted by molar-refractivity contribution is 5.78. The number of halogens is 1. The molecular weight excluding hydrogens is 183 g/mol. The lowest BCUT2D eigenvalue weighted by molar-refractivity contribution is 0.632. The third kappa shape index (κ3) is 1.38. The third-order valence-corrected chi connectivity index (χ3v) is 1.91. The molecule has 0 spiro atoms. The summed E-state index contributed by atoms with van der Waals surface area (Å²) >= 11 is 0. The fourth-order valence-electron chi connectivity index (χ4n) is 1.24. The van der Waals surface area contributed by atoms with Gasteiger partial charge >= 0.3 is 0 Å². The number of rotatable bonds is 1. The number of nitrogens with one attached hydrogen (secondary N) is 1. The van der Waals surface area contributed by atoms with Gasteiger partial charge in [0, 0.05) is 12.3 Å². The first-order chi connectivity index (χ1) is 6.70. The number of aryl methyl sites for hydroxylation is 1. The van der Waals surface area contributed by atoms with E-state index in [1.807, 2.05) is 0 Å². The Bertz CT molecular complexity index is 483. The lowest BCUT2D eigenvalue weighted by Crippen LogP contribution is -2.08. The SMILES string of the molecule is Cc1cnc2cc(NN)c(F)cc2n1. The Morgan fingerprint density at radius 2 is 2.14 bits per heavy atom. The summed E-state index contributed by atoms with van der Waals surface area (Å²) < 4.78 is 13.2. The van der Waals surface area contributed by atoms with Crippen LogP contribution in [-0.2, 0) is 0 Å². The van der Waals surface area contributed by atoms with Crippen molar-refractivity contribution < 1.29 is 4.39 Å². The molecule has 0 unspecified atom stereocenters. The van der Waals surface area contributed by atoms with E-state index in [0.29, 0.717) is 11.0 Å². The summed E-state index contributed by atoms with van der Waals surface area (Å²) in [6.07, 6.45) is 1.63. The van der Waals surface area contributed by atoms with Gasteiger partial charge in [-0.15, -0.1) is 0 Å². The summed E-state index contributed by atoms with van der Waals surface area (Å²) in [6, 6.07) is 2.83. The Labute approximate surface area is 79.9 Å². The zero-order valence-electron chi connectivity index (χ0n) is 7.58. The van der Waals surface area contributed by atoms with Crippen molar-refractivity contribution in [3.8, 4) is 0 Å². The maximum absolute atomic E-state index is 13.2. The van der Waals surface area contributed by atoms with Crippen LogP contribution >= 0.6 is 0 Å². The van der Waals surface area contributed by atoms with Gasteiger partial charge in [-0.1, -0.05) is 0 Å². The van der Waals surface area contributed by atoms with Crippen LogP contribution < -0.4 is 11.3 Å². The number of fused-ring (bicyclic) bond motifs is 1. The molecule has 0 radical (unpaired) electrons. The number of hydrazine groups is 1. The van der Waals surface area contributed by atoms with Crippen LogP contribution in [-0.4, -0.2) is 9.97 Å². The molecule has 0 saturated heterocycles. The minimum absolute atomic E-state index is 0.218. The molecule has 2 aromatic rings. The molecule has 0 bridgehead atoms. The molecule has 0 aliphatic rings. The lowest BCUT2D eigenvalue weighted by Gasteiger charge is -2.03. The Morgan fingerprint density at radius 3 is 2.86 bits per heavy atom. The van der Waals surface area contributed by atoms with Gasteiger partial charge in [0.25, 0.3) is 0 Å². The maximum atomic E-state index is 13.2. The van der Waals surface area contributed by atoms with Crippen LogP contribution in [0, 0.1) is 12.7 Å². The summed E-state index contributed by atoms with van der Waals surface area (Å²) in [5.74, 6) is 4.70. The first-order valence-corrected chi connectivity index (χ1v) is 4.10. The van der Waals surface area contributed by atoms with Crippen LogP contribution in [0.5, 0.6) is 0 Å². The topological polar surface area (TPSA) is 63.8 Å². The Balaban J connectivity index is 2.73. The van der Waals surface area contributed by atoms with Crippen LogP contribution in [0.4, 0.5) is 10.1 Å². The second kappa shape index (κ2) is 3.19. The molecule has 0 aliphatic carbocycles. The highest BCUT2D eigenvalue weighted by Crippen LogP contribution is 2.19. The zero-order chi connectivity index (χ0) is 10.1. The Hall–Kier alpha value is -1.75. The maximum Gasteiger partial charge on any atom is 0.149 e. The molecule has 5 heteroatoms. The van der Waals surface area contributed by atoms with Crippen LogP contribution in [0.3, 0.4) is 0 Å². The fourth-order valence-corrected chi connectivity index (χ4v) is 1.24. The standard InChI is InChI=1S/C9H9FN4/c1-5-4-12-8-3-7(14-11)6(10)2-9(8)13-5/h2-4,14H,11H2,1H3. The second-order valence-corrected chi connectivity index (χ2v) is 2.98. The van der Waals surface area contributed by atoms with Gasteiger partial charge in [0.05, 0.1) is 22.4 Å². The number of aromatic nitrogens is 2. The number of anilines is 1. The molecule has 1 heterocycles. The molecule has 14 heavy (non-hydrogen) atoms. The van der Waals surface area contributed by atoms with E-state index >= 15 is 0 Å². The smallest absolute Gasteiger partial charge is 0.149 e. The predicted octanol–water partition coefficient (Wildman–Crippen LogP) is 1.36. The third-order valence-electron chi connectivity index (χ3n) is 1.91. The summed E-state index contributed by atoms with van der Waals surface area (Å²) in [5.41, 5.74) is 4.38. The van der Waals surface area contributed by atoms with Crippen molar-refractivity contribution in [2.45, 2.75) is 6.92 Å². The first kappa shape index (κ1) is 8.83. The molecule has 3 N–H and O–H groups in total. The van der Waals surface area contributed by atoms with E-state index in [4.69, 9.17) is 5.84 Å². The van der Waals surface area contributed by atoms with E-state index in [9.17, 15) is 4.39 Å². The fraction of sp³-hybridized carbons (Fsp3) is 0.111. The van der Waals surface area contributed by atoms with E-state index in [1.54, 1.807) is 13.1 Å². The quantitative estimate of drug-likeness (QED) is 0.529. The average molecular weight is 192 g/mol. The average Bonchev–Trinajstić information content (AvgIpc) is 2.16. The van der Waals surface area contributed by atoms with Gasteiger partial charge in [0.15, 0.2) is 0 Å². The lowest BCUT2D eigenvalue weighted by atomic mass is 10.2. The minimum atomic E-state index is -0.431. The molecule has 0 atom stereocenters. The highest BCUT2D eigenvalue weighted by Gasteiger charge is 2.04. The van der Waals surface area contributed by atoms with Gasteiger partial charge in [-0.25, -0.2) is 9.37 Å². The number of nitrogens with zero attached hydrogens (tertiary/aromatic N) is 2. The molecule has 1 aromatic carbocycles. The van der Waals surface area contributed by atoms with Crippen molar-refractivity contribution in [3.05, 3.63) is 29.8 Å². The molecule has 72 valence electrons. The van der Waals surface area contributed by atoms with Crippen molar-refractivity contribution in [2.24, 2.45) is 5.84 Å². The molecule has 0 amide bonds. The van der Waals surface area contributed by atoms with Gasteiger partial charge in [0.1, 0.15) is 5.82 Å². The van der Waals surface area contributed by atoms with Crippen LogP contribution in [0.15, 0.2) is 18.3 Å². The van der Waals surface area contributed by atoms with Crippen LogP contribution in [0.2, 0.25) is 0 Å². The van der Waals surface area contributed by atoms with E-state index in [-0.39, 0.29) is 5.69 Å². The van der Waals surface area contributed by atoms with Crippen molar-refractivity contribution in [1.29, 1.82) is 0 Å². The molecule has 2 rings (SSSR count). The predicted molar refractivity (Wildman–Crippen MR) is 52.0 cm³/mol. The molecule has 0 aliphatic heterocycles. The van der Waals surface area contributed by atoms with E-state index in [0.717, 1.165) is 5.69 Å². The monoisotopic (exact) mass is 192 g/mol. The van der Waals surface area contributed by atoms with Crippen molar-refractivity contribution >= 4 is 16.7 Å². The van der Waals surface area contributed by atoms with E-state index < -0.39 is 5.82 Å². The summed E-state index contributed by atoms with van der Waals surface area (Å²) in [7, 11) is 0. The Morgan fingerprint density at radius 1 is 1.36 bits per heavy atom. The largest absolute Gasteiger partial charge is 0.321 e. The summed E-state index contributed by atoms with van der Waals surface area (Å²) in [6.45, 7) is 1.80. The van der Waals surface area contributed by atoms with Crippen molar-refractivity contribution in [2.75, 3.05) is 5.43 Å². The molecule has 0 saturated carbocycles. The molecule has 4 nitrogen and oxygen atoms in total. The molecule has 0 fully saturated rings. The second-order valence-electron chi connectivity index (χ2n) is 2.98. The number of hydrogen-bond acceptors (Lipinski definition) is 4. The highest BCUT2D eigenvalue weighted by atomic mass is 19.1. The normalized spacial score (nSPS) is 10.5. The molecule has 1 aromatic heterocycles. The van der Waals surface area contributed by atoms with E-state index in [1.165, 1.54) is 12.1 Å². The van der Waals surface area contributed by atoms with Crippen LogP contribution in [0.25, 0.3) is 11.0 Å². The number of nitrogens with two attached hydrogens (primary N) is 1. The van der Waals surface area contributed by atoms with Crippen LogP contribution in [0.1, 0.15) is 5.69 Å². The van der Waals surface area contributed by atoms with E-state index in [2.05, 4.69) is 15.4 Å². The number of benzene rings is 1. The first-order valence-electron chi connectivity index (χ1n) is 4.10. The zero-order valence-corrected chi connectivity index (χ0v) is 7.58. The molecular formula is C9H9FN4. The van der Waals surface area contributed by atoms with Gasteiger partial charge in [-0.2, -0.15) is 0 Å². The van der Waals surface area contributed by atoms with Gasteiger partial charge in [-0.3, -0.25) is 10.8 Å². The van der Waals surface area contributed by atoms with Crippen molar-refractivity contribution in [3.63, 3.8) is 0 Å². The Kier molecular flexibility index (Phi) is 2.01. The summed E-state index contributed by atoms with van der Waals surface area (Å²) in [5, 5.41) is 0. The van der Waals surface area contributed by atoms with Crippen molar-refractivity contribution in [1.82, 2.24) is 9.97 Å². The number of hydrogen-bond donors (Lipinski definition) is 2. The minimum Gasteiger partial charge on any atom is -0.321 e. The van der Waals surface area contributed by atoms with Gasteiger partial charge in [0.2, 0.25) is 0 Å². The van der Waals surface area contributed by atoms with Gasteiger partial charge in [-0.05, 0) is 13.0 Å².